The Morgan fingerprint density at radius 3 is 2.45 bits per heavy atom. The molecule has 1 unspecified atom stereocenters. The van der Waals surface area contributed by atoms with Crippen molar-refractivity contribution in [2.45, 2.75) is 6.04 Å². The van der Waals surface area contributed by atoms with Crippen LogP contribution in [0.1, 0.15) is 17.2 Å². The number of ether oxygens (including phenoxy) is 1. The molecule has 0 fully saturated rings. The first-order chi connectivity index (χ1) is 9.56. The second-order valence-electron chi connectivity index (χ2n) is 4.28. The van der Waals surface area contributed by atoms with Crippen LogP contribution in [-0.2, 0) is 0 Å². The number of hydrogen-bond donors (Lipinski definition) is 1. The summed E-state index contributed by atoms with van der Waals surface area (Å²) in [6, 6.07) is 8.71. The minimum Gasteiger partial charge on any atom is -0.496 e. The topological polar surface area (TPSA) is 21.3 Å². The number of hydrogen-bond acceptors (Lipinski definition) is 2. The standard InChI is InChI=1S/C15H14BrF2NO/c1-19-15(11-5-4-10(17)8-13(11)18)9-3-6-14(20-2)12(16)7-9/h3-8,15,19H,1-2H3. The van der Waals surface area contributed by atoms with Crippen molar-refractivity contribution in [3.05, 3.63) is 63.6 Å². The highest BCUT2D eigenvalue weighted by atomic mass is 79.9. The van der Waals surface area contributed by atoms with E-state index in [1.54, 1.807) is 20.2 Å². The second-order valence-corrected chi connectivity index (χ2v) is 5.14. The van der Waals surface area contributed by atoms with E-state index < -0.39 is 11.6 Å². The number of nitrogens with one attached hydrogen (secondary N) is 1. The molecule has 0 heterocycles. The van der Waals surface area contributed by atoms with Gasteiger partial charge in [0.05, 0.1) is 17.6 Å². The van der Waals surface area contributed by atoms with Gasteiger partial charge in [-0.25, -0.2) is 8.78 Å². The van der Waals surface area contributed by atoms with Crippen LogP contribution in [0.4, 0.5) is 8.78 Å². The van der Waals surface area contributed by atoms with E-state index in [1.165, 1.54) is 12.1 Å². The molecule has 106 valence electrons. The van der Waals surface area contributed by atoms with Crippen LogP contribution in [-0.4, -0.2) is 14.2 Å². The SMILES string of the molecule is CNC(c1ccc(OC)c(Br)c1)c1ccc(F)cc1F. The minimum absolute atomic E-state index is 0.363. The monoisotopic (exact) mass is 341 g/mol. The molecule has 0 aromatic heterocycles. The highest BCUT2D eigenvalue weighted by molar-refractivity contribution is 9.10. The van der Waals surface area contributed by atoms with Crippen molar-refractivity contribution < 1.29 is 13.5 Å². The Morgan fingerprint density at radius 2 is 1.90 bits per heavy atom. The molecule has 0 aliphatic carbocycles. The average molecular weight is 342 g/mol. The predicted octanol–water partition coefficient (Wildman–Crippen LogP) is 4.04. The molecule has 20 heavy (non-hydrogen) atoms. The summed E-state index contributed by atoms with van der Waals surface area (Å²) in [4.78, 5) is 0. The molecule has 1 N–H and O–H groups in total. The molecule has 0 amide bonds. The van der Waals surface area contributed by atoms with Gasteiger partial charge in [0.2, 0.25) is 0 Å². The van der Waals surface area contributed by atoms with Crippen LogP contribution in [0, 0.1) is 11.6 Å². The van der Waals surface area contributed by atoms with Gasteiger partial charge < -0.3 is 10.1 Å². The molecule has 0 saturated heterocycles. The van der Waals surface area contributed by atoms with Gasteiger partial charge in [-0.05, 0) is 46.7 Å². The Bertz CT molecular complexity index is 619. The molecule has 0 radical (unpaired) electrons. The van der Waals surface area contributed by atoms with E-state index in [9.17, 15) is 8.78 Å². The third kappa shape index (κ3) is 2.99. The molecule has 0 aliphatic rings. The molecule has 2 rings (SSSR count). The molecule has 0 spiro atoms. The summed E-state index contributed by atoms with van der Waals surface area (Å²) >= 11 is 3.40. The molecular formula is C15H14BrF2NO. The molecule has 0 saturated carbocycles. The molecule has 2 aromatic carbocycles. The fourth-order valence-corrected chi connectivity index (χ4v) is 2.66. The maximum Gasteiger partial charge on any atom is 0.133 e. The predicted molar refractivity (Wildman–Crippen MR) is 78.0 cm³/mol. The summed E-state index contributed by atoms with van der Waals surface area (Å²) in [5.74, 6) is -0.462. The molecular weight excluding hydrogens is 328 g/mol. The van der Waals surface area contributed by atoms with Gasteiger partial charge in [0.1, 0.15) is 17.4 Å². The van der Waals surface area contributed by atoms with Gasteiger partial charge in [0.25, 0.3) is 0 Å². The van der Waals surface area contributed by atoms with E-state index >= 15 is 0 Å². The number of rotatable bonds is 4. The quantitative estimate of drug-likeness (QED) is 0.905. The maximum absolute atomic E-state index is 13.9. The average Bonchev–Trinajstić information content (AvgIpc) is 2.42. The van der Waals surface area contributed by atoms with E-state index in [1.807, 2.05) is 12.1 Å². The van der Waals surface area contributed by atoms with Crippen LogP contribution in [0.25, 0.3) is 0 Å². The lowest BCUT2D eigenvalue weighted by Gasteiger charge is -2.19. The van der Waals surface area contributed by atoms with Gasteiger partial charge in [-0.3, -0.25) is 0 Å². The summed E-state index contributed by atoms with van der Waals surface area (Å²) in [7, 11) is 3.31. The van der Waals surface area contributed by atoms with Gasteiger partial charge in [-0.1, -0.05) is 12.1 Å². The first-order valence-electron chi connectivity index (χ1n) is 6.02. The highest BCUT2D eigenvalue weighted by Crippen LogP contribution is 2.31. The summed E-state index contributed by atoms with van der Waals surface area (Å²) in [6.45, 7) is 0. The summed E-state index contributed by atoms with van der Waals surface area (Å²) in [5, 5.41) is 3.04. The maximum atomic E-state index is 13.9. The van der Waals surface area contributed by atoms with E-state index in [0.29, 0.717) is 11.3 Å². The first-order valence-corrected chi connectivity index (χ1v) is 6.81. The Hall–Kier alpha value is -1.46. The van der Waals surface area contributed by atoms with Gasteiger partial charge in [-0.15, -0.1) is 0 Å². The number of halogens is 3. The molecule has 2 aromatic rings. The van der Waals surface area contributed by atoms with Crippen molar-refractivity contribution in [2.75, 3.05) is 14.2 Å². The van der Waals surface area contributed by atoms with Crippen LogP contribution >= 0.6 is 15.9 Å². The third-order valence-corrected chi connectivity index (χ3v) is 3.69. The van der Waals surface area contributed by atoms with Gasteiger partial charge in [0.15, 0.2) is 0 Å². The van der Waals surface area contributed by atoms with Gasteiger partial charge in [0, 0.05) is 11.6 Å². The Morgan fingerprint density at radius 1 is 1.15 bits per heavy atom. The summed E-state index contributed by atoms with van der Waals surface area (Å²) in [6.07, 6.45) is 0. The van der Waals surface area contributed by atoms with Crippen LogP contribution in [0.3, 0.4) is 0 Å². The summed E-state index contributed by atoms with van der Waals surface area (Å²) in [5.41, 5.74) is 1.25. The van der Waals surface area contributed by atoms with Crippen LogP contribution in [0.5, 0.6) is 5.75 Å². The Kier molecular flexibility index (Phi) is 4.73. The van der Waals surface area contributed by atoms with Crippen molar-refractivity contribution >= 4 is 15.9 Å². The van der Waals surface area contributed by atoms with Crippen molar-refractivity contribution in [3.8, 4) is 5.75 Å². The molecule has 5 heteroatoms. The fourth-order valence-electron chi connectivity index (χ4n) is 2.10. The molecule has 0 aliphatic heterocycles. The number of benzene rings is 2. The lowest BCUT2D eigenvalue weighted by molar-refractivity contribution is 0.412. The van der Waals surface area contributed by atoms with E-state index in [2.05, 4.69) is 21.2 Å². The zero-order valence-electron chi connectivity index (χ0n) is 11.1. The molecule has 0 bridgehead atoms. The summed E-state index contributed by atoms with van der Waals surface area (Å²) < 4.78 is 32.8. The lowest BCUT2D eigenvalue weighted by Crippen LogP contribution is -2.19. The first kappa shape index (κ1) is 14.9. The van der Waals surface area contributed by atoms with Crippen molar-refractivity contribution in [3.63, 3.8) is 0 Å². The largest absolute Gasteiger partial charge is 0.496 e. The number of methoxy groups -OCH3 is 1. The lowest BCUT2D eigenvalue weighted by atomic mass is 9.98. The van der Waals surface area contributed by atoms with E-state index in [0.717, 1.165) is 16.1 Å². The van der Waals surface area contributed by atoms with Crippen LogP contribution in [0.15, 0.2) is 40.9 Å². The molecule has 2 nitrogen and oxygen atoms in total. The minimum atomic E-state index is -0.586. The highest BCUT2D eigenvalue weighted by Gasteiger charge is 2.17. The zero-order valence-corrected chi connectivity index (χ0v) is 12.7. The van der Waals surface area contributed by atoms with Gasteiger partial charge in [-0.2, -0.15) is 0 Å². The fraction of sp³-hybridized carbons (Fsp3) is 0.200. The van der Waals surface area contributed by atoms with Crippen LogP contribution < -0.4 is 10.1 Å². The Balaban J connectivity index is 2.44. The van der Waals surface area contributed by atoms with E-state index in [4.69, 9.17) is 4.74 Å². The van der Waals surface area contributed by atoms with Crippen molar-refractivity contribution in [1.82, 2.24) is 5.32 Å². The zero-order chi connectivity index (χ0) is 14.7. The van der Waals surface area contributed by atoms with Gasteiger partial charge >= 0.3 is 0 Å². The Labute approximate surface area is 124 Å². The normalized spacial score (nSPS) is 12.2. The van der Waals surface area contributed by atoms with E-state index in [-0.39, 0.29) is 6.04 Å². The van der Waals surface area contributed by atoms with Crippen molar-refractivity contribution in [2.24, 2.45) is 0 Å². The van der Waals surface area contributed by atoms with Crippen molar-refractivity contribution in [1.29, 1.82) is 0 Å². The molecule has 1 atom stereocenters. The smallest absolute Gasteiger partial charge is 0.133 e. The third-order valence-electron chi connectivity index (χ3n) is 3.07. The van der Waals surface area contributed by atoms with Crippen LogP contribution in [0.2, 0.25) is 0 Å². The second kappa shape index (κ2) is 6.33.